The summed E-state index contributed by atoms with van der Waals surface area (Å²) in [6.07, 6.45) is 6.32. The molecule has 0 saturated heterocycles. The largest absolute Gasteiger partial charge is 0.322 e. The molecular weight excluding hydrogens is 340 g/mol. The molecule has 1 aromatic carbocycles. The van der Waals surface area contributed by atoms with Crippen molar-refractivity contribution in [2.75, 3.05) is 5.32 Å². The Bertz CT molecular complexity index is 1180. The molecule has 6 nitrogen and oxygen atoms in total. The van der Waals surface area contributed by atoms with Crippen LogP contribution in [0.1, 0.15) is 15.9 Å². The number of fused-ring (bicyclic) bond motifs is 1. The fourth-order valence-electron chi connectivity index (χ4n) is 2.86. The molecule has 1 N–H and O–H groups in total. The first kappa shape index (κ1) is 16.7. The average molecular weight is 356 g/mol. The van der Waals surface area contributed by atoms with Crippen LogP contribution in [0.3, 0.4) is 0 Å². The first-order chi connectivity index (χ1) is 13.1. The molecule has 27 heavy (non-hydrogen) atoms. The Balaban J connectivity index is 1.88. The van der Waals surface area contributed by atoms with Gasteiger partial charge in [0, 0.05) is 36.2 Å². The van der Waals surface area contributed by atoms with Crippen LogP contribution >= 0.6 is 0 Å². The van der Waals surface area contributed by atoms with E-state index < -0.39 is 5.91 Å². The van der Waals surface area contributed by atoms with Crippen molar-refractivity contribution in [3.63, 3.8) is 0 Å². The van der Waals surface area contributed by atoms with Crippen LogP contribution in [0.4, 0.5) is 5.69 Å². The summed E-state index contributed by atoms with van der Waals surface area (Å²) in [5.41, 5.74) is 2.71. The van der Waals surface area contributed by atoms with Gasteiger partial charge in [-0.3, -0.25) is 14.6 Å². The summed E-state index contributed by atoms with van der Waals surface area (Å²) in [6, 6.07) is 14.5. The molecule has 4 aromatic rings. The number of benzene rings is 1. The Morgan fingerprint density at radius 2 is 1.74 bits per heavy atom. The van der Waals surface area contributed by atoms with Crippen molar-refractivity contribution >= 4 is 22.6 Å². The van der Waals surface area contributed by atoms with Gasteiger partial charge in [-0.05, 0) is 43.3 Å². The molecule has 0 aliphatic rings. The van der Waals surface area contributed by atoms with Crippen molar-refractivity contribution < 1.29 is 4.79 Å². The van der Waals surface area contributed by atoms with Crippen LogP contribution in [0.25, 0.3) is 16.7 Å². The standard InChI is InChI=1S/C21H16N4O2/c1-14-4-6-16(7-5-14)25-13-18(19(26)17-3-2-10-23-20(17)25)21(27)24-15-8-11-22-12-9-15/h2-13H,1H3,(H,22,24,27). The van der Waals surface area contributed by atoms with Gasteiger partial charge in [-0.25, -0.2) is 4.98 Å². The average Bonchev–Trinajstić information content (AvgIpc) is 2.70. The molecule has 0 radical (unpaired) electrons. The maximum atomic E-state index is 12.9. The zero-order valence-electron chi connectivity index (χ0n) is 14.6. The minimum Gasteiger partial charge on any atom is -0.322 e. The minimum atomic E-state index is -0.474. The van der Waals surface area contributed by atoms with Crippen LogP contribution in [-0.4, -0.2) is 20.4 Å². The van der Waals surface area contributed by atoms with E-state index in [-0.39, 0.29) is 11.0 Å². The number of aromatic nitrogens is 3. The molecule has 0 spiro atoms. The summed E-state index contributed by atoms with van der Waals surface area (Å²) >= 11 is 0. The first-order valence-electron chi connectivity index (χ1n) is 8.42. The van der Waals surface area contributed by atoms with Gasteiger partial charge in [0.05, 0.1) is 5.39 Å². The predicted molar refractivity (Wildman–Crippen MR) is 104 cm³/mol. The van der Waals surface area contributed by atoms with Crippen LogP contribution in [0.15, 0.2) is 78.1 Å². The molecule has 4 rings (SSSR count). The van der Waals surface area contributed by atoms with E-state index in [0.717, 1.165) is 11.3 Å². The summed E-state index contributed by atoms with van der Waals surface area (Å²) < 4.78 is 1.76. The number of carbonyl (C=O) groups is 1. The van der Waals surface area contributed by atoms with Gasteiger partial charge in [-0.15, -0.1) is 0 Å². The summed E-state index contributed by atoms with van der Waals surface area (Å²) in [6.45, 7) is 2.00. The van der Waals surface area contributed by atoms with Crippen LogP contribution in [0, 0.1) is 6.92 Å². The molecule has 0 fully saturated rings. The Hall–Kier alpha value is -3.80. The van der Waals surface area contributed by atoms with E-state index >= 15 is 0 Å². The predicted octanol–water partition coefficient (Wildman–Crippen LogP) is 3.34. The highest BCUT2D eigenvalue weighted by Crippen LogP contribution is 2.17. The number of nitrogens with zero attached hydrogens (tertiary/aromatic N) is 3. The summed E-state index contributed by atoms with van der Waals surface area (Å²) in [5.74, 6) is -0.474. The number of hydrogen-bond donors (Lipinski definition) is 1. The molecule has 3 aromatic heterocycles. The highest BCUT2D eigenvalue weighted by atomic mass is 16.2. The highest BCUT2D eigenvalue weighted by Gasteiger charge is 2.17. The number of hydrogen-bond acceptors (Lipinski definition) is 4. The second kappa shape index (κ2) is 6.84. The number of pyridine rings is 3. The Labute approximate surface area is 155 Å². The van der Waals surface area contributed by atoms with E-state index in [4.69, 9.17) is 0 Å². The molecule has 3 heterocycles. The number of rotatable bonds is 3. The maximum Gasteiger partial charge on any atom is 0.261 e. The van der Waals surface area contributed by atoms with E-state index in [1.807, 2.05) is 31.2 Å². The van der Waals surface area contributed by atoms with E-state index in [0.29, 0.717) is 16.7 Å². The van der Waals surface area contributed by atoms with Gasteiger partial charge >= 0.3 is 0 Å². The third kappa shape index (κ3) is 3.20. The third-order valence-electron chi connectivity index (χ3n) is 4.26. The third-order valence-corrected chi connectivity index (χ3v) is 4.26. The molecule has 0 atom stereocenters. The normalized spacial score (nSPS) is 10.7. The second-order valence-corrected chi connectivity index (χ2v) is 6.14. The second-order valence-electron chi connectivity index (χ2n) is 6.14. The number of nitrogens with one attached hydrogen (secondary N) is 1. The molecule has 0 bridgehead atoms. The Kier molecular flexibility index (Phi) is 4.22. The zero-order chi connectivity index (χ0) is 18.8. The molecule has 6 heteroatoms. The first-order valence-corrected chi connectivity index (χ1v) is 8.42. The van der Waals surface area contributed by atoms with Gasteiger partial charge in [0.25, 0.3) is 5.91 Å². The number of amides is 1. The summed E-state index contributed by atoms with van der Waals surface area (Å²) in [5, 5.41) is 3.13. The van der Waals surface area contributed by atoms with Crippen molar-refractivity contribution in [1.29, 1.82) is 0 Å². The molecule has 0 saturated carbocycles. The van der Waals surface area contributed by atoms with Crippen LogP contribution in [0.2, 0.25) is 0 Å². The summed E-state index contributed by atoms with van der Waals surface area (Å²) in [4.78, 5) is 33.9. The van der Waals surface area contributed by atoms with Gasteiger partial charge in [-0.1, -0.05) is 17.7 Å². The van der Waals surface area contributed by atoms with Crippen molar-refractivity contribution in [3.05, 3.63) is 94.7 Å². The van der Waals surface area contributed by atoms with Gasteiger partial charge in [-0.2, -0.15) is 0 Å². The van der Waals surface area contributed by atoms with E-state index in [1.54, 1.807) is 53.6 Å². The van der Waals surface area contributed by atoms with Gasteiger partial charge in [0.15, 0.2) is 0 Å². The SMILES string of the molecule is Cc1ccc(-n2cc(C(=O)Nc3ccncc3)c(=O)c3cccnc32)cc1. The van der Waals surface area contributed by atoms with Crippen molar-refractivity contribution in [2.45, 2.75) is 6.92 Å². The molecule has 0 unspecified atom stereocenters. The quantitative estimate of drug-likeness (QED) is 0.611. The zero-order valence-corrected chi connectivity index (χ0v) is 14.6. The summed E-state index contributed by atoms with van der Waals surface area (Å²) in [7, 11) is 0. The van der Waals surface area contributed by atoms with E-state index in [1.165, 1.54) is 0 Å². The van der Waals surface area contributed by atoms with Gasteiger partial charge in [0.1, 0.15) is 11.2 Å². The van der Waals surface area contributed by atoms with Crippen molar-refractivity contribution in [3.8, 4) is 5.69 Å². The van der Waals surface area contributed by atoms with Crippen LogP contribution in [-0.2, 0) is 0 Å². The van der Waals surface area contributed by atoms with Crippen molar-refractivity contribution in [2.24, 2.45) is 0 Å². The molecule has 1 amide bonds. The molecule has 132 valence electrons. The fraction of sp³-hybridized carbons (Fsp3) is 0.0476. The highest BCUT2D eigenvalue weighted by molar-refractivity contribution is 6.05. The van der Waals surface area contributed by atoms with Crippen LogP contribution < -0.4 is 10.7 Å². The van der Waals surface area contributed by atoms with E-state index in [2.05, 4.69) is 15.3 Å². The number of carbonyl (C=O) groups excluding carboxylic acids is 1. The Morgan fingerprint density at radius 3 is 2.48 bits per heavy atom. The van der Waals surface area contributed by atoms with Crippen LogP contribution in [0.5, 0.6) is 0 Å². The Morgan fingerprint density at radius 1 is 1.00 bits per heavy atom. The van der Waals surface area contributed by atoms with Crippen molar-refractivity contribution in [1.82, 2.24) is 14.5 Å². The lowest BCUT2D eigenvalue weighted by molar-refractivity contribution is 0.102. The van der Waals surface area contributed by atoms with Gasteiger partial charge < -0.3 is 9.88 Å². The fourth-order valence-corrected chi connectivity index (χ4v) is 2.86. The maximum absolute atomic E-state index is 12.9. The number of anilines is 1. The lowest BCUT2D eigenvalue weighted by Gasteiger charge is -2.13. The lowest BCUT2D eigenvalue weighted by atomic mass is 10.1. The minimum absolute atomic E-state index is 0.0490. The smallest absolute Gasteiger partial charge is 0.261 e. The molecule has 0 aliphatic carbocycles. The molecular formula is C21H16N4O2. The lowest BCUT2D eigenvalue weighted by Crippen LogP contribution is -2.24. The topological polar surface area (TPSA) is 76.9 Å². The monoisotopic (exact) mass is 356 g/mol. The molecule has 0 aliphatic heterocycles. The number of aryl methyl sites for hydroxylation is 1. The van der Waals surface area contributed by atoms with E-state index in [9.17, 15) is 9.59 Å². The van der Waals surface area contributed by atoms with Gasteiger partial charge in [0.2, 0.25) is 5.43 Å².